The lowest BCUT2D eigenvalue weighted by Crippen LogP contribution is -2.04. The Morgan fingerprint density at radius 3 is 2.50 bits per heavy atom. The van der Waals surface area contributed by atoms with Gasteiger partial charge in [0.1, 0.15) is 0 Å². The van der Waals surface area contributed by atoms with Gasteiger partial charge in [-0.15, -0.1) is 0 Å². The summed E-state index contributed by atoms with van der Waals surface area (Å²) >= 11 is 6.03. The summed E-state index contributed by atoms with van der Waals surface area (Å²) in [6.45, 7) is 11.2. The van der Waals surface area contributed by atoms with Crippen LogP contribution in [0, 0.1) is 0 Å². The molecule has 0 saturated heterocycles. The molecule has 0 spiro atoms. The second kappa shape index (κ2) is 11.0. The van der Waals surface area contributed by atoms with Crippen molar-refractivity contribution in [3.63, 3.8) is 0 Å². The van der Waals surface area contributed by atoms with Crippen LogP contribution >= 0.6 is 11.6 Å². The zero-order valence-corrected chi connectivity index (χ0v) is 14.5. The molecule has 1 unspecified atom stereocenters. The molecule has 1 aromatic rings. The fourth-order valence-electron chi connectivity index (χ4n) is 1.73. The number of rotatable bonds is 6. The molecular weight excluding hydrogens is 296 g/mol. The summed E-state index contributed by atoms with van der Waals surface area (Å²) in [5, 5.41) is 9.82. The number of Topliss-reactive ketones (excluding diaryl/α,β-unsaturated/α-hetero) is 1. The van der Waals surface area contributed by atoms with E-state index in [-0.39, 0.29) is 5.78 Å². The van der Waals surface area contributed by atoms with Gasteiger partial charge in [-0.3, -0.25) is 4.79 Å². The van der Waals surface area contributed by atoms with E-state index in [1.165, 1.54) is 0 Å². The Bertz CT molecular complexity index is 555. The molecule has 0 aliphatic carbocycles. The molecule has 1 N–H and O–H groups in total. The largest absolute Gasteiger partial charge is 0.389 e. The van der Waals surface area contributed by atoms with Crippen LogP contribution in [0.25, 0.3) is 0 Å². The van der Waals surface area contributed by atoms with Gasteiger partial charge in [0.15, 0.2) is 5.78 Å². The van der Waals surface area contributed by atoms with Gasteiger partial charge in [0.2, 0.25) is 0 Å². The molecule has 1 atom stereocenters. The summed E-state index contributed by atoms with van der Waals surface area (Å²) in [6, 6.07) is 5.33. The third-order valence-corrected chi connectivity index (χ3v) is 2.96. The molecule has 0 heterocycles. The van der Waals surface area contributed by atoms with E-state index in [4.69, 9.17) is 11.6 Å². The van der Waals surface area contributed by atoms with Crippen LogP contribution in [-0.2, 0) is 6.42 Å². The number of ketones is 1. The summed E-state index contributed by atoms with van der Waals surface area (Å²) in [7, 11) is 0. The van der Waals surface area contributed by atoms with E-state index in [9.17, 15) is 9.90 Å². The standard InChI is InChI=1S/C17H19ClO2.C2H6/c1-4-6-14(8-7-12(3)19)17(20)15-9-13(5-2)10-16(18)11-15;1-2/h4,6-12,19H,1,5H2,2-3H3;1-2H3/b8-7-,14-6+;. The smallest absolute Gasteiger partial charge is 0.193 e. The second-order valence-electron chi connectivity index (χ2n) is 4.49. The second-order valence-corrected chi connectivity index (χ2v) is 4.92. The first-order valence-electron chi connectivity index (χ1n) is 7.51. The number of aliphatic hydroxyl groups is 1. The third kappa shape index (κ3) is 6.88. The number of allylic oxidation sites excluding steroid dienone is 4. The minimum Gasteiger partial charge on any atom is -0.389 e. The van der Waals surface area contributed by atoms with E-state index < -0.39 is 6.10 Å². The van der Waals surface area contributed by atoms with Crippen LogP contribution in [0.2, 0.25) is 5.02 Å². The number of carbonyl (C=O) groups excluding carboxylic acids is 1. The molecule has 0 aliphatic rings. The molecule has 0 aliphatic heterocycles. The molecule has 0 bridgehead atoms. The van der Waals surface area contributed by atoms with Crippen LogP contribution in [0.15, 0.2) is 54.7 Å². The first-order chi connectivity index (χ1) is 10.5. The summed E-state index contributed by atoms with van der Waals surface area (Å²) in [5.74, 6) is -0.140. The summed E-state index contributed by atoms with van der Waals surface area (Å²) in [6.07, 6.45) is 6.52. The first-order valence-corrected chi connectivity index (χ1v) is 7.88. The van der Waals surface area contributed by atoms with Crippen LogP contribution in [0.4, 0.5) is 0 Å². The number of aliphatic hydroxyl groups excluding tert-OH is 1. The Balaban J connectivity index is 0.00000211. The highest BCUT2D eigenvalue weighted by Crippen LogP contribution is 2.19. The van der Waals surface area contributed by atoms with Crippen molar-refractivity contribution in [2.75, 3.05) is 0 Å². The highest BCUT2D eigenvalue weighted by Gasteiger charge is 2.11. The van der Waals surface area contributed by atoms with Crippen molar-refractivity contribution in [3.05, 3.63) is 70.8 Å². The summed E-state index contributed by atoms with van der Waals surface area (Å²) < 4.78 is 0. The van der Waals surface area contributed by atoms with Crippen LogP contribution < -0.4 is 0 Å². The van der Waals surface area contributed by atoms with Gasteiger partial charge >= 0.3 is 0 Å². The van der Waals surface area contributed by atoms with Crippen molar-refractivity contribution in [1.29, 1.82) is 0 Å². The average molecular weight is 321 g/mol. The highest BCUT2D eigenvalue weighted by atomic mass is 35.5. The van der Waals surface area contributed by atoms with E-state index in [0.717, 1.165) is 12.0 Å². The van der Waals surface area contributed by atoms with Crippen LogP contribution in [0.5, 0.6) is 0 Å². The van der Waals surface area contributed by atoms with Crippen LogP contribution in [-0.4, -0.2) is 17.0 Å². The molecule has 0 saturated carbocycles. The van der Waals surface area contributed by atoms with Gasteiger partial charge in [-0.1, -0.05) is 63.3 Å². The molecule has 0 aromatic heterocycles. The zero-order valence-electron chi connectivity index (χ0n) is 13.8. The van der Waals surface area contributed by atoms with E-state index in [1.807, 2.05) is 32.9 Å². The normalized spacial score (nSPS) is 12.5. The predicted octanol–water partition coefficient (Wildman–Crippen LogP) is 5.16. The molecule has 22 heavy (non-hydrogen) atoms. The predicted molar refractivity (Wildman–Crippen MR) is 95.6 cm³/mol. The fourth-order valence-corrected chi connectivity index (χ4v) is 1.99. The van der Waals surface area contributed by atoms with Gasteiger partial charge in [-0.2, -0.15) is 0 Å². The van der Waals surface area contributed by atoms with Gasteiger partial charge in [-0.05, 0) is 37.1 Å². The lowest BCUT2D eigenvalue weighted by atomic mass is 9.99. The number of hydrogen-bond donors (Lipinski definition) is 1. The van der Waals surface area contributed by atoms with Gasteiger partial charge in [0.05, 0.1) is 6.10 Å². The van der Waals surface area contributed by atoms with Crippen molar-refractivity contribution >= 4 is 17.4 Å². The van der Waals surface area contributed by atoms with Crippen molar-refractivity contribution in [2.45, 2.75) is 40.2 Å². The monoisotopic (exact) mass is 320 g/mol. The fraction of sp³-hybridized carbons (Fsp3) is 0.316. The number of halogens is 1. The Hall–Kier alpha value is -1.64. The minimum atomic E-state index is -0.610. The Morgan fingerprint density at radius 1 is 1.36 bits per heavy atom. The summed E-state index contributed by atoms with van der Waals surface area (Å²) in [4.78, 5) is 12.5. The van der Waals surface area contributed by atoms with Crippen molar-refractivity contribution in [2.24, 2.45) is 0 Å². The maximum atomic E-state index is 12.5. The third-order valence-electron chi connectivity index (χ3n) is 2.74. The molecule has 2 nitrogen and oxygen atoms in total. The maximum absolute atomic E-state index is 12.5. The molecule has 0 fully saturated rings. The lowest BCUT2D eigenvalue weighted by molar-refractivity contribution is 0.103. The molecule has 0 radical (unpaired) electrons. The number of aryl methyl sites for hydroxylation is 1. The Morgan fingerprint density at radius 2 is 2.00 bits per heavy atom. The zero-order chi connectivity index (χ0) is 17.1. The first kappa shape index (κ1) is 20.4. The van der Waals surface area contributed by atoms with E-state index in [2.05, 4.69) is 6.58 Å². The van der Waals surface area contributed by atoms with Crippen molar-refractivity contribution in [1.82, 2.24) is 0 Å². The van der Waals surface area contributed by atoms with E-state index in [1.54, 1.807) is 37.3 Å². The molecular formula is C19H25ClO2. The van der Waals surface area contributed by atoms with Gasteiger partial charge in [-0.25, -0.2) is 0 Å². The quantitative estimate of drug-likeness (QED) is 0.446. The number of benzene rings is 1. The molecule has 1 rings (SSSR count). The van der Waals surface area contributed by atoms with Crippen molar-refractivity contribution < 1.29 is 9.90 Å². The highest BCUT2D eigenvalue weighted by molar-refractivity contribution is 6.31. The summed E-state index contributed by atoms with van der Waals surface area (Å²) in [5.41, 5.74) is 2.02. The number of hydrogen-bond acceptors (Lipinski definition) is 2. The van der Waals surface area contributed by atoms with Gasteiger partial charge in [0.25, 0.3) is 0 Å². The SMILES string of the molecule is C=C/C=C(\C=C/C(C)O)C(=O)c1cc(Cl)cc(CC)c1.CC. The Labute approximate surface area is 138 Å². The molecule has 3 heteroatoms. The van der Waals surface area contributed by atoms with E-state index in [0.29, 0.717) is 16.2 Å². The lowest BCUT2D eigenvalue weighted by Gasteiger charge is -2.06. The van der Waals surface area contributed by atoms with Crippen LogP contribution in [0.1, 0.15) is 43.6 Å². The molecule has 120 valence electrons. The molecule has 0 amide bonds. The number of carbonyl (C=O) groups is 1. The van der Waals surface area contributed by atoms with Gasteiger partial charge < -0.3 is 5.11 Å². The topological polar surface area (TPSA) is 37.3 Å². The van der Waals surface area contributed by atoms with E-state index >= 15 is 0 Å². The van der Waals surface area contributed by atoms with Gasteiger partial charge in [0, 0.05) is 16.2 Å². The van der Waals surface area contributed by atoms with Crippen LogP contribution in [0.3, 0.4) is 0 Å². The van der Waals surface area contributed by atoms with Crippen molar-refractivity contribution in [3.8, 4) is 0 Å². The average Bonchev–Trinajstić information content (AvgIpc) is 2.51. The Kier molecular flexibility index (Phi) is 10.2. The molecule has 1 aromatic carbocycles. The minimum absolute atomic E-state index is 0.140. The maximum Gasteiger partial charge on any atom is 0.193 e.